The molecule has 0 spiro atoms. The molecule has 166 valence electrons. The van der Waals surface area contributed by atoms with Crippen molar-refractivity contribution in [3.05, 3.63) is 24.3 Å². The molecule has 3 fully saturated rings. The van der Waals surface area contributed by atoms with E-state index in [1.54, 1.807) is 25.7 Å². The van der Waals surface area contributed by atoms with Crippen LogP contribution in [-0.2, 0) is 9.53 Å². The highest BCUT2D eigenvalue weighted by atomic mass is 19.4. The molecular formula is C19H25F3N4O4. The third kappa shape index (κ3) is 5.45. The molecule has 3 aliphatic rings. The first kappa shape index (κ1) is 22.4. The minimum atomic E-state index is -5.08. The fraction of sp³-hybridized carbons (Fsp3) is 0.684. The smallest absolute Gasteiger partial charge is 0.475 e. The number of fused-ring (bicyclic) bond motifs is 1. The monoisotopic (exact) mass is 430 g/mol. The molecule has 1 N–H and O–H groups in total. The number of carboxylic acids is 1. The third-order valence-corrected chi connectivity index (χ3v) is 5.74. The van der Waals surface area contributed by atoms with Crippen molar-refractivity contribution in [1.82, 2.24) is 19.8 Å². The number of aliphatic carboxylic acids is 1. The number of carboxylic acid groups (broad SMARTS) is 1. The summed E-state index contributed by atoms with van der Waals surface area (Å²) in [5, 5.41) is 7.12. The van der Waals surface area contributed by atoms with Crippen LogP contribution in [0.2, 0.25) is 0 Å². The van der Waals surface area contributed by atoms with Gasteiger partial charge in [0.1, 0.15) is 5.69 Å². The second-order valence-corrected chi connectivity index (χ2v) is 7.85. The molecule has 0 aromatic carbocycles. The van der Waals surface area contributed by atoms with Gasteiger partial charge in [-0.15, -0.1) is 0 Å². The Bertz CT molecular complexity index is 745. The summed E-state index contributed by atoms with van der Waals surface area (Å²) in [5.74, 6) is -1.46. The van der Waals surface area contributed by atoms with Gasteiger partial charge in [0.2, 0.25) is 0 Å². The van der Waals surface area contributed by atoms with Crippen LogP contribution >= 0.6 is 0 Å². The molecule has 0 bridgehead atoms. The summed E-state index contributed by atoms with van der Waals surface area (Å²) in [6.07, 6.45) is 3.56. The highest BCUT2D eigenvalue weighted by molar-refractivity contribution is 5.92. The number of carbonyl (C=O) groups is 2. The van der Waals surface area contributed by atoms with E-state index in [2.05, 4.69) is 14.9 Å². The zero-order valence-electron chi connectivity index (χ0n) is 16.6. The molecule has 11 heteroatoms. The maximum atomic E-state index is 12.8. The van der Waals surface area contributed by atoms with Crippen molar-refractivity contribution in [2.45, 2.75) is 37.6 Å². The first-order chi connectivity index (χ1) is 14.2. The number of halogens is 3. The predicted molar refractivity (Wildman–Crippen MR) is 98.6 cm³/mol. The van der Waals surface area contributed by atoms with Crippen molar-refractivity contribution in [3.63, 3.8) is 0 Å². The maximum Gasteiger partial charge on any atom is 0.490 e. The van der Waals surface area contributed by atoms with E-state index in [1.165, 1.54) is 19.4 Å². The van der Waals surface area contributed by atoms with Crippen molar-refractivity contribution < 1.29 is 32.6 Å². The molecule has 1 aliphatic carbocycles. The molecule has 1 aromatic heterocycles. The highest BCUT2D eigenvalue weighted by Crippen LogP contribution is 2.36. The van der Waals surface area contributed by atoms with E-state index in [4.69, 9.17) is 14.6 Å². The standard InChI is InChI=1S/C17H24N4O2.C2HF3O2/c1-23-16-4-7-21(17(22)14-8-18-5-6-19-14)15-11-20(10-13(15)16)9-12-2-3-12;3-2(4,5)1(6)7/h5-6,8,12-13,15-16H,2-4,7,9-11H2,1H3;(H,6,7)/t13-,15+,16-;/m0./s1. The number of alkyl halides is 3. The number of rotatable bonds is 4. The zero-order valence-corrected chi connectivity index (χ0v) is 16.6. The normalized spacial score (nSPS) is 26.5. The maximum absolute atomic E-state index is 12.8. The minimum absolute atomic E-state index is 0.0101. The van der Waals surface area contributed by atoms with Crippen LogP contribution in [0.5, 0.6) is 0 Å². The fourth-order valence-electron chi connectivity index (χ4n) is 4.15. The van der Waals surface area contributed by atoms with Gasteiger partial charge in [0.25, 0.3) is 5.91 Å². The van der Waals surface area contributed by atoms with Gasteiger partial charge < -0.3 is 19.6 Å². The number of ether oxygens (including phenoxy) is 1. The summed E-state index contributed by atoms with van der Waals surface area (Å²) in [4.78, 5) is 34.5. The van der Waals surface area contributed by atoms with Crippen LogP contribution in [0.25, 0.3) is 0 Å². The van der Waals surface area contributed by atoms with Crippen LogP contribution < -0.4 is 0 Å². The lowest BCUT2D eigenvalue weighted by atomic mass is 9.89. The molecule has 4 rings (SSSR count). The fourth-order valence-corrected chi connectivity index (χ4v) is 4.15. The molecule has 1 aromatic rings. The van der Waals surface area contributed by atoms with Crippen molar-refractivity contribution >= 4 is 11.9 Å². The molecule has 1 amide bonds. The van der Waals surface area contributed by atoms with Gasteiger partial charge in [-0.05, 0) is 25.2 Å². The molecule has 2 saturated heterocycles. The van der Waals surface area contributed by atoms with E-state index in [0.717, 1.165) is 32.0 Å². The summed E-state index contributed by atoms with van der Waals surface area (Å²) in [6.45, 7) is 3.93. The molecule has 0 unspecified atom stereocenters. The number of piperidine rings is 1. The van der Waals surface area contributed by atoms with E-state index in [-0.39, 0.29) is 18.1 Å². The van der Waals surface area contributed by atoms with Gasteiger partial charge in [-0.2, -0.15) is 13.2 Å². The van der Waals surface area contributed by atoms with Gasteiger partial charge in [0.15, 0.2) is 0 Å². The quantitative estimate of drug-likeness (QED) is 0.777. The first-order valence-electron chi connectivity index (χ1n) is 9.83. The minimum Gasteiger partial charge on any atom is -0.475 e. The highest BCUT2D eigenvalue weighted by Gasteiger charge is 2.47. The number of hydrogen-bond donors (Lipinski definition) is 1. The van der Waals surface area contributed by atoms with Crippen molar-refractivity contribution in [1.29, 1.82) is 0 Å². The van der Waals surface area contributed by atoms with E-state index >= 15 is 0 Å². The largest absolute Gasteiger partial charge is 0.490 e. The summed E-state index contributed by atoms with van der Waals surface area (Å²) >= 11 is 0. The van der Waals surface area contributed by atoms with Gasteiger partial charge in [-0.1, -0.05) is 0 Å². The lowest BCUT2D eigenvalue weighted by Gasteiger charge is -2.40. The number of likely N-dealkylation sites (tertiary alicyclic amines) is 2. The molecule has 0 radical (unpaired) electrons. The first-order valence-corrected chi connectivity index (χ1v) is 9.83. The van der Waals surface area contributed by atoms with Crippen molar-refractivity contribution in [2.75, 3.05) is 33.3 Å². The lowest BCUT2D eigenvalue weighted by Crippen LogP contribution is -2.53. The topological polar surface area (TPSA) is 95.9 Å². The molecule has 30 heavy (non-hydrogen) atoms. The second-order valence-electron chi connectivity index (χ2n) is 7.85. The van der Waals surface area contributed by atoms with Crippen molar-refractivity contribution in [2.24, 2.45) is 11.8 Å². The Labute approximate surface area is 172 Å². The van der Waals surface area contributed by atoms with E-state index < -0.39 is 12.1 Å². The van der Waals surface area contributed by atoms with Gasteiger partial charge >= 0.3 is 12.1 Å². The summed E-state index contributed by atoms with van der Waals surface area (Å²) in [5.41, 5.74) is 0.447. The van der Waals surface area contributed by atoms with Crippen molar-refractivity contribution in [3.8, 4) is 0 Å². The number of carbonyl (C=O) groups excluding carboxylic acids is 1. The molecule has 1 saturated carbocycles. The zero-order chi connectivity index (χ0) is 21.9. The number of hydrogen-bond acceptors (Lipinski definition) is 6. The van der Waals surface area contributed by atoms with E-state index in [9.17, 15) is 18.0 Å². The number of aromatic nitrogens is 2. The molecule has 3 atom stereocenters. The summed E-state index contributed by atoms with van der Waals surface area (Å²) < 4.78 is 37.5. The number of nitrogens with zero attached hydrogens (tertiary/aromatic N) is 4. The average molecular weight is 430 g/mol. The second kappa shape index (κ2) is 9.25. The van der Waals surface area contributed by atoms with Crippen LogP contribution in [0.15, 0.2) is 18.6 Å². The predicted octanol–water partition coefficient (Wildman–Crippen LogP) is 1.68. The van der Waals surface area contributed by atoms with Gasteiger partial charge in [-0.25, -0.2) is 9.78 Å². The molecule has 8 nitrogen and oxygen atoms in total. The number of amides is 1. The Morgan fingerprint density at radius 1 is 1.23 bits per heavy atom. The van der Waals surface area contributed by atoms with Gasteiger partial charge in [0.05, 0.1) is 18.3 Å². The Hall–Kier alpha value is -2.27. The lowest BCUT2D eigenvalue weighted by molar-refractivity contribution is -0.192. The summed E-state index contributed by atoms with van der Waals surface area (Å²) in [6, 6.07) is 0.238. The van der Waals surface area contributed by atoms with E-state index in [1.807, 2.05) is 4.90 Å². The Morgan fingerprint density at radius 2 is 1.93 bits per heavy atom. The van der Waals surface area contributed by atoms with E-state index in [0.29, 0.717) is 11.6 Å². The van der Waals surface area contributed by atoms with Gasteiger partial charge in [0, 0.05) is 51.6 Å². The summed E-state index contributed by atoms with van der Waals surface area (Å²) in [7, 11) is 1.80. The SMILES string of the molecule is CO[C@H]1CCN(C(=O)c2cnccn2)[C@@H]2CN(CC3CC3)C[C@H]12.O=C(O)C(F)(F)F. The molecule has 2 aliphatic heterocycles. The van der Waals surface area contributed by atoms with Crippen LogP contribution in [0.3, 0.4) is 0 Å². The van der Waals surface area contributed by atoms with Gasteiger partial charge in [-0.3, -0.25) is 9.78 Å². The van der Waals surface area contributed by atoms with Crippen LogP contribution in [0.4, 0.5) is 13.2 Å². The number of methoxy groups -OCH3 is 1. The molecule has 3 heterocycles. The third-order valence-electron chi connectivity index (χ3n) is 5.74. The average Bonchev–Trinajstić information content (AvgIpc) is 3.42. The molecular weight excluding hydrogens is 405 g/mol. The van der Waals surface area contributed by atoms with Crippen LogP contribution in [0, 0.1) is 11.8 Å². The van der Waals surface area contributed by atoms with Crippen LogP contribution in [-0.4, -0.2) is 88.4 Å². The Kier molecular flexibility index (Phi) is 6.91. The van der Waals surface area contributed by atoms with Crippen LogP contribution in [0.1, 0.15) is 29.8 Å². The Balaban J connectivity index is 0.000000318. The Morgan fingerprint density at radius 3 is 2.47 bits per heavy atom.